The highest BCUT2D eigenvalue weighted by atomic mass is 32.1. The molecule has 3 rings (SSSR count). The molecule has 0 bridgehead atoms. The molecule has 2 N–H and O–H groups in total. The maximum Gasteiger partial charge on any atom is 0.156 e. The van der Waals surface area contributed by atoms with Crippen molar-refractivity contribution < 1.29 is 0 Å². The van der Waals surface area contributed by atoms with E-state index >= 15 is 0 Å². The molecule has 0 amide bonds. The molecule has 0 aliphatic carbocycles. The van der Waals surface area contributed by atoms with Crippen LogP contribution in [-0.2, 0) is 0 Å². The maximum absolute atomic E-state index is 5.97. The van der Waals surface area contributed by atoms with Gasteiger partial charge < -0.3 is 5.73 Å². The summed E-state index contributed by atoms with van der Waals surface area (Å²) < 4.78 is 1.98. The molecule has 0 saturated heterocycles. The number of nitrogen functional groups attached to an aromatic ring is 1. The lowest BCUT2D eigenvalue weighted by Crippen LogP contribution is -1.97. The molecule has 16 heavy (non-hydrogen) atoms. The van der Waals surface area contributed by atoms with Gasteiger partial charge in [-0.3, -0.25) is 4.40 Å². The first-order chi connectivity index (χ1) is 7.75. The van der Waals surface area contributed by atoms with Gasteiger partial charge in [-0.15, -0.1) is 11.3 Å². The molecule has 80 valence electrons. The van der Waals surface area contributed by atoms with Gasteiger partial charge in [0.25, 0.3) is 0 Å². The van der Waals surface area contributed by atoms with Crippen LogP contribution in [0.15, 0.2) is 36.5 Å². The standard InChI is InChI=1S/C12H11N3S/c1-8-5-6-10(16-8)12-14-7-9-3-2-4-11(13)15(9)12/h2-7H,13H2,1H3. The van der Waals surface area contributed by atoms with Gasteiger partial charge in [-0.05, 0) is 31.2 Å². The van der Waals surface area contributed by atoms with Gasteiger partial charge in [-0.2, -0.15) is 0 Å². The van der Waals surface area contributed by atoms with Crippen LogP contribution in [0, 0.1) is 6.92 Å². The topological polar surface area (TPSA) is 43.3 Å². The highest BCUT2D eigenvalue weighted by Crippen LogP contribution is 2.28. The summed E-state index contributed by atoms with van der Waals surface area (Å²) in [5.41, 5.74) is 7.00. The minimum atomic E-state index is 0.719. The van der Waals surface area contributed by atoms with Crippen molar-refractivity contribution >= 4 is 22.7 Å². The van der Waals surface area contributed by atoms with Crippen LogP contribution < -0.4 is 5.73 Å². The minimum Gasteiger partial charge on any atom is -0.385 e. The van der Waals surface area contributed by atoms with Crippen LogP contribution >= 0.6 is 11.3 Å². The molecule has 3 aromatic rings. The highest BCUT2D eigenvalue weighted by Gasteiger charge is 2.09. The van der Waals surface area contributed by atoms with Crippen molar-refractivity contribution in [2.75, 3.05) is 5.73 Å². The molecule has 4 heteroatoms. The normalized spacial score (nSPS) is 11.1. The largest absolute Gasteiger partial charge is 0.385 e. The average Bonchev–Trinajstić information content (AvgIpc) is 2.84. The number of anilines is 1. The van der Waals surface area contributed by atoms with Gasteiger partial charge in [0.2, 0.25) is 0 Å². The predicted molar refractivity (Wildman–Crippen MR) is 67.7 cm³/mol. The monoisotopic (exact) mass is 229 g/mol. The number of aryl methyl sites for hydroxylation is 1. The zero-order valence-corrected chi connectivity index (χ0v) is 9.66. The molecule has 3 nitrogen and oxygen atoms in total. The number of aromatic nitrogens is 2. The summed E-state index contributed by atoms with van der Waals surface area (Å²) in [7, 11) is 0. The second kappa shape index (κ2) is 3.35. The van der Waals surface area contributed by atoms with Crippen molar-refractivity contribution in [1.82, 2.24) is 9.38 Å². The Morgan fingerprint density at radius 2 is 2.12 bits per heavy atom. The Hall–Kier alpha value is -1.81. The third-order valence-corrected chi connectivity index (χ3v) is 3.54. The van der Waals surface area contributed by atoms with Crippen molar-refractivity contribution in [3.63, 3.8) is 0 Å². The Labute approximate surface area is 97.2 Å². The molecule has 0 aliphatic rings. The molecule has 0 radical (unpaired) electrons. The van der Waals surface area contributed by atoms with Crippen molar-refractivity contribution in [1.29, 1.82) is 0 Å². The summed E-state index contributed by atoms with van der Waals surface area (Å²) in [6.07, 6.45) is 1.85. The maximum atomic E-state index is 5.97. The predicted octanol–water partition coefficient (Wildman–Crippen LogP) is 2.95. The molecule has 0 fully saturated rings. The highest BCUT2D eigenvalue weighted by molar-refractivity contribution is 7.15. The van der Waals surface area contributed by atoms with Crippen molar-refractivity contribution in [2.45, 2.75) is 6.92 Å². The fourth-order valence-electron chi connectivity index (χ4n) is 1.80. The SMILES string of the molecule is Cc1ccc(-c2ncc3cccc(N)n23)s1. The molecule has 3 heterocycles. The van der Waals surface area contributed by atoms with Crippen LogP contribution in [0.25, 0.3) is 16.2 Å². The van der Waals surface area contributed by atoms with Crippen LogP contribution in [0.5, 0.6) is 0 Å². The number of nitrogens with two attached hydrogens (primary N) is 1. The van der Waals surface area contributed by atoms with Gasteiger partial charge in [0.15, 0.2) is 5.82 Å². The molecule has 0 aliphatic heterocycles. The number of hydrogen-bond acceptors (Lipinski definition) is 3. The summed E-state index contributed by atoms with van der Waals surface area (Å²) in [6, 6.07) is 10.0. The summed E-state index contributed by atoms with van der Waals surface area (Å²) >= 11 is 1.73. The van der Waals surface area contributed by atoms with Gasteiger partial charge in [0, 0.05) is 4.88 Å². The molecule has 3 aromatic heterocycles. The molecule has 0 atom stereocenters. The fourth-order valence-corrected chi connectivity index (χ4v) is 2.66. The van der Waals surface area contributed by atoms with E-state index in [4.69, 9.17) is 5.73 Å². The van der Waals surface area contributed by atoms with Gasteiger partial charge >= 0.3 is 0 Å². The van der Waals surface area contributed by atoms with Crippen molar-refractivity contribution in [3.8, 4) is 10.7 Å². The van der Waals surface area contributed by atoms with Gasteiger partial charge in [-0.1, -0.05) is 6.07 Å². The molecular weight excluding hydrogens is 218 g/mol. The van der Waals surface area contributed by atoms with Gasteiger partial charge in [0.05, 0.1) is 16.6 Å². The van der Waals surface area contributed by atoms with E-state index in [0.29, 0.717) is 0 Å². The minimum absolute atomic E-state index is 0.719. The second-order valence-corrected chi connectivity index (χ2v) is 4.99. The van der Waals surface area contributed by atoms with Crippen LogP contribution in [-0.4, -0.2) is 9.38 Å². The van der Waals surface area contributed by atoms with E-state index < -0.39 is 0 Å². The first-order valence-corrected chi connectivity index (χ1v) is 5.86. The lowest BCUT2D eigenvalue weighted by Gasteiger charge is -2.02. The number of imidazole rings is 1. The molecule has 0 aromatic carbocycles. The Balaban J connectivity index is 2.32. The molecular formula is C12H11N3S. The van der Waals surface area contributed by atoms with E-state index in [0.717, 1.165) is 22.0 Å². The number of fused-ring (bicyclic) bond motifs is 1. The number of rotatable bonds is 1. The third kappa shape index (κ3) is 1.31. The first-order valence-electron chi connectivity index (χ1n) is 5.04. The summed E-state index contributed by atoms with van der Waals surface area (Å²) in [5.74, 6) is 1.64. The smallest absolute Gasteiger partial charge is 0.156 e. The van der Waals surface area contributed by atoms with Crippen LogP contribution in [0.4, 0.5) is 5.82 Å². The number of pyridine rings is 1. The third-order valence-electron chi connectivity index (χ3n) is 2.54. The van der Waals surface area contributed by atoms with Crippen LogP contribution in [0.2, 0.25) is 0 Å². The average molecular weight is 229 g/mol. The van der Waals surface area contributed by atoms with E-state index in [1.54, 1.807) is 11.3 Å². The lowest BCUT2D eigenvalue weighted by atomic mass is 10.4. The van der Waals surface area contributed by atoms with E-state index in [9.17, 15) is 0 Å². The van der Waals surface area contributed by atoms with E-state index in [1.165, 1.54) is 4.88 Å². The van der Waals surface area contributed by atoms with E-state index in [2.05, 4.69) is 24.0 Å². The zero-order chi connectivity index (χ0) is 11.1. The van der Waals surface area contributed by atoms with E-state index in [-0.39, 0.29) is 0 Å². The fraction of sp³-hybridized carbons (Fsp3) is 0.0833. The first kappa shape index (κ1) is 9.42. The van der Waals surface area contributed by atoms with Crippen molar-refractivity contribution in [3.05, 3.63) is 41.4 Å². The number of hydrogen-bond donors (Lipinski definition) is 1. The van der Waals surface area contributed by atoms with Crippen molar-refractivity contribution in [2.24, 2.45) is 0 Å². The van der Waals surface area contributed by atoms with E-state index in [1.807, 2.05) is 28.8 Å². The quantitative estimate of drug-likeness (QED) is 0.697. The summed E-state index contributed by atoms with van der Waals surface area (Å²) in [6.45, 7) is 2.09. The molecule has 0 unspecified atom stereocenters. The number of thiophene rings is 1. The lowest BCUT2D eigenvalue weighted by molar-refractivity contribution is 1.18. The summed E-state index contributed by atoms with van der Waals surface area (Å²) in [4.78, 5) is 6.86. The van der Waals surface area contributed by atoms with Crippen LogP contribution in [0.3, 0.4) is 0 Å². The molecule has 0 saturated carbocycles. The Morgan fingerprint density at radius 3 is 2.88 bits per heavy atom. The van der Waals surface area contributed by atoms with Crippen LogP contribution in [0.1, 0.15) is 4.88 Å². The van der Waals surface area contributed by atoms with Gasteiger partial charge in [0.1, 0.15) is 5.82 Å². The second-order valence-electron chi connectivity index (χ2n) is 3.70. The summed E-state index contributed by atoms with van der Waals surface area (Å²) in [5, 5.41) is 0. The van der Waals surface area contributed by atoms with Gasteiger partial charge in [-0.25, -0.2) is 4.98 Å². The zero-order valence-electron chi connectivity index (χ0n) is 8.84. The Morgan fingerprint density at radius 1 is 1.25 bits per heavy atom. The Kier molecular flexibility index (Phi) is 1.97. The molecule has 0 spiro atoms. The Bertz CT molecular complexity index is 651. The number of nitrogens with zero attached hydrogens (tertiary/aromatic N) is 2.